The van der Waals surface area contributed by atoms with Crippen molar-refractivity contribution in [3.05, 3.63) is 102 Å². The number of esters is 1. The SMILES string of the molecule is COc1ccccc1-n1c(Cc2ccccc2)nnc1SCC(=O)OCc1ccccc1. The molecule has 6 nitrogen and oxygen atoms in total. The van der Waals surface area contributed by atoms with Gasteiger partial charge < -0.3 is 9.47 Å². The molecule has 0 atom stereocenters. The molecule has 162 valence electrons. The van der Waals surface area contributed by atoms with E-state index in [1.807, 2.05) is 77.4 Å². The summed E-state index contributed by atoms with van der Waals surface area (Å²) in [7, 11) is 1.63. The Morgan fingerprint density at radius 3 is 2.25 bits per heavy atom. The van der Waals surface area contributed by atoms with Gasteiger partial charge in [0.05, 0.1) is 18.6 Å². The normalized spacial score (nSPS) is 10.7. The van der Waals surface area contributed by atoms with Crippen LogP contribution in [0.15, 0.2) is 90.1 Å². The van der Waals surface area contributed by atoms with E-state index in [2.05, 4.69) is 22.3 Å². The highest BCUT2D eigenvalue weighted by Gasteiger charge is 2.19. The molecule has 4 rings (SSSR count). The quantitative estimate of drug-likeness (QED) is 0.275. The van der Waals surface area contributed by atoms with Crippen LogP contribution in [0.1, 0.15) is 17.0 Å². The second-order valence-corrected chi connectivity index (χ2v) is 7.95. The van der Waals surface area contributed by atoms with Crippen LogP contribution in [0.4, 0.5) is 0 Å². The minimum atomic E-state index is -0.307. The van der Waals surface area contributed by atoms with Crippen molar-refractivity contribution in [2.75, 3.05) is 12.9 Å². The maximum absolute atomic E-state index is 12.3. The second kappa shape index (κ2) is 10.6. The van der Waals surface area contributed by atoms with E-state index >= 15 is 0 Å². The van der Waals surface area contributed by atoms with Crippen molar-refractivity contribution in [1.82, 2.24) is 14.8 Å². The predicted octanol–water partition coefficient (Wildman–Crippen LogP) is 4.70. The van der Waals surface area contributed by atoms with E-state index in [9.17, 15) is 4.79 Å². The molecule has 0 fully saturated rings. The molecule has 0 aliphatic heterocycles. The average molecular weight is 446 g/mol. The first kappa shape index (κ1) is 21.6. The van der Waals surface area contributed by atoms with Gasteiger partial charge in [-0.15, -0.1) is 10.2 Å². The van der Waals surface area contributed by atoms with E-state index in [1.165, 1.54) is 11.8 Å². The van der Waals surface area contributed by atoms with Crippen LogP contribution in [0.3, 0.4) is 0 Å². The molecular weight excluding hydrogens is 422 g/mol. The Morgan fingerprint density at radius 1 is 0.875 bits per heavy atom. The van der Waals surface area contributed by atoms with Crippen LogP contribution in [0.2, 0.25) is 0 Å². The lowest BCUT2D eigenvalue weighted by Gasteiger charge is -2.14. The van der Waals surface area contributed by atoms with E-state index in [0.717, 1.165) is 22.6 Å². The Balaban J connectivity index is 1.54. The van der Waals surface area contributed by atoms with Gasteiger partial charge >= 0.3 is 5.97 Å². The number of ether oxygens (including phenoxy) is 2. The molecule has 0 aliphatic rings. The largest absolute Gasteiger partial charge is 0.495 e. The zero-order valence-corrected chi connectivity index (χ0v) is 18.5. The topological polar surface area (TPSA) is 66.2 Å². The summed E-state index contributed by atoms with van der Waals surface area (Å²) >= 11 is 1.29. The summed E-state index contributed by atoms with van der Waals surface area (Å²) in [5.74, 6) is 1.29. The molecule has 1 heterocycles. The number of nitrogens with zero attached hydrogens (tertiary/aromatic N) is 3. The number of para-hydroxylation sites is 2. The Bertz CT molecular complexity index is 1160. The lowest BCUT2D eigenvalue weighted by molar-refractivity contribution is -0.141. The highest BCUT2D eigenvalue weighted by Crippen LogP contribution is 2.29. The van der Waals surface area contributed by atoms with Gasteiger partial charge in [-0.05, 0) is 23.3 Å². The van der Waals surface area contributed by atoms with Gasteiger partial charge in [-0.1, -0.05) is 84.6 Å². The van der Waals surface area contributed by atoms with Gasteiger partial charge in [0.15, 0.2) is 5.16 Å². The van der Waals surface area contributed by atoms with E-state index < -0.39 is 0 Å². The molecule has 0 unspecified atom stereocenters. The van der Waals surface area contributed by atoms with Crippen molar-refractivity contribution >= 4 is 17.7 Å². The molecule has 0 radical (unpaired) electrons. The summed E-state index contributed by atoms with van der Waals surface area (Å²) in [5, 5.41) is 9.39. The first-order chi connectivity index (χ1) is 15.7. The Kier molecular flexibility index (Phi) is 7.19. The number of hydrogen-bond donors (Lipinski definition) is 0. The number of benzene rings is 3. The average Bonchev–Trinajstić information content (AvgIpc) is 3.24. The zero-order valence-electron chi connectivity index (χ0n) is 17.7. The van der Waals surface area contributed by atoms with E-state index in [4.69, 9.17) is 9.47 Å². The maximum Gasteiger partial charge on any atom is 0.316 e. The number of thioether (sulfide) groups is 1. The molecule has 0 N–H and O–H groups in total. The third kappa shape index (κ3) is 5.36. The molecule has 0 saturated heterocycles. The summed E-state index contributed by atoms with van der Waals surface area (Å²) < 4.78 is 12.9. The van der Waals surface area contributed by atoms with Gasteiger partial charge in [0, 0.05) is 6.42 Å². The molecule has 32 heavy (non-hydrogen) atoms. The third-order valence-electron chi connectivity index (χ3n) is 4.79. The summed E-state index contributed by atoms with van der Waals surface area (Å²) in [6.07, 6.45) is 0.602. The fourth-order valence-corrected chi connectivity index (χ4v) is 4.01. The fourth-order valence-electron chi connectivity index (χ4n) is 3.25. The number of carbonyl (C=O) groups excluding carboxylic acids is 1. The molecule has 1 aromatic heterocycles. The van der Waals surface area contributed by atoms with Crippen molar-refractivity contribution < 1.29 is 14.3 Å². The van der Waals surface area contributed by atoms with E-state index in [0.29, 0.717) is 17.3 Å². The van der Waals surface area contributed by atoms with Crippen LogP contribution in [-0.4, -0.2) is 33.6 Å². The highest BCUT2D eigenvalue weighted by molar-refractivity contribution is 7.99. The molecule has 0 spiro atoms. The Morgan fingerprint density at radius 2 is 1.53 bits per heavy atom. The Labute approximate surface area is 191 Å². The fraction of sp³-hybridized carbons (Fsp3) is 0.160. The third-order valence-corrected chi connectivity index (χ3v) is 5.70. The van der Waals surface area contributed by atoms with Crippen molar-refractivity contribution in [2.45, 2.75) is 18.2 Å². The number of rotatable bonds is 9. The molecule has 0 bridgehead atoms. The van der Waals surface area contributed by atoms with Crippen LogP contribution >= 0.6 is 11.8 Å². The van der Waals surface area contributed by atoms with Crippen LogP contribution in [0.5, 0.6) is 5.75 Å². The summed E-state index contributed by atoms with van der Waals surface area (Å²) in [5.41, 5.74) is 2.90. The van der Waals surface area contributed by atoms with Gasteiger partial charge in [-0.2, -0.15) is 0 Å². The lowest BCUT2D eigenvalue weighted by Crippen LogP contribution is -2.09. The molecule has 0 aliphatic carbocycles. The van der Waals surface area contributed by atoms with Gasteiger partial charge in [-0.3, -0.25) is 9.36 Å². The summed E-state index contributed by atoms with van der Waals surface area (Å²) in [6, 6.07) is 27.4. The lowest BCUT2D eigenvalue weighted by atomic mass is 10.1. The monoisotopic (exact) mass is 445 g/mol. The van der Waals surface area contributed by atoms with Crippen LogP contribution in [-0.2, 0) is 22.6 Å². The van der Waals surface area contributed by atoms with Gasteiger partial charge in [0.2, 0.25) is 0 Å². The number of methoxy groups -OCH3 is 1. The Hall–Kier alpha value is -3.58. The summed E-state index contributed by atoms with van der Waals surface area (Å²) in [4.78, 5) is 12.3. The minimum Gasteiger partial charge on any atom is -0.495 e. The predicted molar refractivity (Wildman–Crippen MR) is 124 cm³/mol. The maximum atomic E-state index is 12.3. The van der Waals surface area contributed by atoms with Crippen molar-refractivity contribution in [2.24, 2.45) is 0 Å². The molecule has 0 amide bonds. The van der Waals surface area contributed by atoms with Gasteiger partial charge in [0.25, 0.3) is 0 Å². The first-order valence-electron chi connectivity index (χ1n) is 10.2. The number of aromatic nitrogens is 3. The van der Waals surface area contributed by atoms with Crippen molar-refractivity contribution in [1.29, 1.82) is 0 Å². The van der Waals surface area contributed by atoms with Gasteiger partial charge in [0.1, 0.15) is 18.2 Å². The molecule has 7 heteroatoms. The number of hydrogen-bond acceptors (Lipinski definition) is 6. The van der Waals surface area contributed by atoms with E-state index in [-0.39, 0.29) is 18.3 Å². The molecule has 3 aromatic carbocycles. The van der Waals surface area contributed by atoms with Crippen molar-refractivity contribution in [3.63, 3.8) is 0 Å². The van der Waals surface area contributed by atoms with Crippen LogP contribution in [0, 0.1) is 0 Å². The minimum absolute atomic E-state index is 0.130. The highest BCUT2D eigenvalue weighted by atomic mass is 32.2. The second-order valence-electron chi connectivity index (χ2n) is 7.00. The zero-order chi connectivity index (χ0) is 22.2. The smallest absolute Gasteiger partial charge is 0.316 e. The standard InChI is InChI=1S/C25H23N3O3S/c1-30-22-15-9-8-14-21(22)28-23(16-19-10-4-2-5-11-19)26-27-25(28)32-18-24(29)31-17-20-12-6-3-7-13-20/h2-15H,16-18H2,1H3. The van der Waals surface area contributed by atoms with Crippen LogP contribution < -0.4 is 4.74 Å². The molecular formula is C25H23N3O3S. The van der Waals surface area contributed by atoms with Gasteiger partial charge in [-0.25, -0.2) is 0 Å². The molecule has 0 saturated carbocycles. The first-order valence-corrected chi connectivity index (χ1v) is 11.2. The van der Waals surface area contributed by atoms with E-state index in [1.54, 1.807) is 7.11 Å². The molecule has 4 aromatic rings. The number of carbonyl (C=O) groups is 1. The van der Waals surface area contributed by atoms with Crippen LogP contribution in [0.25, 0.3) is 5.69 Å². The summed E-state index contributed by atoms with van der Waals surface area (Å²) in [6.45, 7) is 0.249. The van der Waals surface area contributed by atoms with Crippen molar-refractivity contribution in [3.8, 4) is 11.4 Å².